The lowest BCUT2D eigenvalue weighted by Gasteiger charge is -2.02. The van der Waals surface area contributed by atoms with Crippen molar-refractivity contribution in [3.05, 3.63) is 0 Å². The van der Waals surface area contributed by atoms with Crippen LogP contribution in [0.5, 0.6) is 0 Å². The third kappa shape index (κ3) is 23.0. The van der Waals surface area contributed by atoms with Gasteiger partial charge in [-0.3, -0.25) is 4.79 Å². The van der Waals surface area contributed by atoms with Crippen molar-refractivity contribution in [3.63, 3.8) is 0 Å². The van der Waals surface area contributed by atoms with Crippen LogP contribution < -0.4 is 5.73 Å². The molecule has 19 heavy (non-hydrogen) atoms. The smallest absolute Gasteiger partial charge is 0.303 e. The molecular formula is C16H35NO2. The highest BCUT2D eigenvalue weighted by Crippen LogP contribution is 2.12. The van der Waals surface area contributed by atoms with Gasteiger partial charge in [-0.15, -0.1) is 0 Å². The molecule has 0 radical (unpaired) electrons. The van der Waals surface area contributed by atoms with Crippen LogP contribution in [-0.2, 0) is 4.79 Å². The number of carbonyl (C=O) groups is 1. The molecule has 0 aromatic rings. The van der Waals surface area contributed by atoms with E-state index in [1.165, 1.54) is 71.3 Å². The van der Waals surface area contributed by atoms with Gasteiger partial charge in [-0.25, -0.2) is 0 Å². The van der Waals surface area contributed by atoms with E-state index >= 15 is 0 Å². The van der Waals surface area contributed by atoms with Crippen molar-refractivity contribution in [1.29, 1.82) is 0 Å². The minimum atomic E-state index is -0.655. The summed E-state index contributed by atoms with van der Waals surface area (Å²) in [5.41, 5.74) is 4.50. The maximum absolute atomic E-state index is 10.3. The van der Waals surface area contributed by atoms with Gasteiger partial charge in [0, 0.05) is 6.42 Å². The summed E-state index contributed by atoms with van der Waals surface area (Å²) >= 11 is 0. The summed E-state index contributed by atoms with van der Waals surface area (Å²) in [6.07, 6.45) is 15.8. The highest BCUT2D eigenvalue weighted by molar-refractivity contribution is 5.66. The van der Waals surface area contributed by atoms with Gasteiger partial charge < -0.3 is 10.8 Å². The van der Waals surface area contributed by atoms with Crippen LogP contribution in [0.4, 0.5) is 0 Å². The summed E-state index contributed by atoms with van der Waals surface area (Å²) < 4.78 is 0. The van der Waals surface area contributed by atoms with E-state index in [2.05, 4.69) is 12.7 Å². The lowest BCUT2D eigenvalue weighted by molar-refractivity contribution is -0.137. The first-order chi connectivity index (χ1) is 9.27. The van der Waals surface area contributed by atoms with Gasteiger partial charge in [0.1, 0.15) is 0 Å². The summed E-state index contributed by atoms with van der Waals surface area (Å²) in [5.74, 6) is -0.655. The largest absolute Gasteiger partial charge is 0.481 e. The number of hydrogen-bond donors (Lipinski definition) is 2. The third-order valence-corrected chi connectivity index (χ3v) is 3.24. The highest BCUT2D eigenvalue weighted by Gasteiger charge is 1.96. The van der Waals surface area contributed by atoms with Crippen LogP contribution in [0, 0.1) is 0 Å². The number of hydrogen-bond acceptors (Lipinski definition) is 2. The second-order valence-electron chi connectivity index (χ2n) is 5.03. The molecule has 0 saturated carbocycles. The fourth-order valence-electron chi connectivity index (χ4n) is 2.12. The van der Waals surface area contributed by atoms with Gasteiger partial charge in [0.2, 0.25) is 0 Å². The van der Waals surface area contributed by atoms with Crippen molar-refractivity contribution in [1.82, 2.24) is 0 Å². The predicted octanol–water partition coefficient (Wildman–Crippen LogP) is 4.74. The molecule has 0 aliphatic rings. The van der Waals surface area contributed by atoms with Gasteiger partial charge in [-0.05, 0) is 13.5 Å². The Morgan fingerprint density at radius 3 is 1.37 bits per heavy atom. The van der Waals surface area contributed by atoms with Crippen molar-refractivity contribution >= 4 is 5.97 Å². The maximum Gasteiger partial charge on any atom is 0.303 e. The molecule has 0 saturated heterocycles. The van der Waals surface area contributed by atoms with Crippen LogP contribution in [0.3, 0.4) is 0 Å². The Morgan fingerprint density at radius 1 is 0.737 bits per heavy atom. The van der Waals surface area contributed by atoms with Crippen molar-refractivity contribution < 1.29 is 9.90 Å². The van der Waals surface area contributed by atoms with Crippen molar-refractivity contribution in [2.24, 2.45) is 5.73 Å². The molecule has 0 atom stereocenters. The van der Waals surface area contributed by atoms with Crippen LogP contribution >= 0.6 is 0 Å². The van der Waals surface area contributed by atoms with Gasteiger partial charge in [0.15, 0.2) is 0 Å². The predicted molar refractivity (Wildman–Crippen MR) is 83.4 cm³/mol. The molecule has 0 aliphatic carbocycles. The average Bonchev–Trinajstić information content (AvgIpc) is 2.42. The summed E-state index contributed by atoms with van der Waals surface area (Å²) in [6, 6.07) is 0. The van der Waals surface area contributed by atoms with E-state index in [0.717, 1.165) is 12.8 Å². The van der Waals surface area contributed by atoms with Crippen molar-refractivity contribution in [2.75, 3.05) is 7.05 Å². The summed E-state index contributed by atoms with van der Waals surface area (Å²) in [5, 5.41) is 8.47. The molecule has 0 aromatic heterocycles. The number of carboxylic acids is 1. The third-order valence-electron chi connectivity index (χ3n) is 3.24. The van der Waals surface area contributed by atoms with E-state index < -0.39 is 5.97 Å². The average molecular weight is 273 g/mol. The number of unbranched alkanes of at least 4 members (excludes halogenated alkanes) is 11. The number of rotatable bonds is 13. The fourth-order valence-corrected chi connectivity index (χ4v) is 2.12. The zero-order valence-corrected chi connectivity index (χ0v) is 13.1. The van der Waals surface area contributed by atoms with Gasteiger partial charge in [-0.2, -0.15) is 0 Å². The molecule has 0 spiro atoms. The van der Waals surface area contributed by atoms with E-state index in [9.17, 15) is 4.79 Å². The lowest BCUT2D eigenvalue weighted by Crippen LogP contribution is -1.93. The molecule has 116 valence electrons. The Hall–Kier alpha value is -0.570. The quantitative estimate of drug-likeness (QED) is 0.476. The molecule has 0 aromatic carbocycles. The van der Waals surface area contributed by atoms with Crippen molar-refractivity contribution in [2.45, 2.75) is 90.4 Å². The van der Waals surface area contributed by atoms with Crippen LogP contribution in [-0.4, -0.2) is 18.1 Å². The molecule has 0 aliphatic heterocycles. The summed E-state index contributed by atoms with van der Waals surface area (Å²) in [4.78, 5) is 10.3. The maximum atomic E-state index is 10.3. The Bertz CT molecular complexity index is 172. The molecule has 3 heteroatoms. The normalized spacial score (nSPS) is 9.84. The Labute approximate surface area is 120 Å². The van der Waals surface area contributed by atoms with Gasteiger partial charge in [-0.1, -0.05) is 77.6 Å². The molecule has 0 rings (SSSR count). The lowest BCUT2D eigenvalue weighted by atomic mass is 10.0. The summed E-state index contributed by atoms with van der Waals surface area (Å²) in [7, 11) is 1.50. The first kappa shape index (κ1) is 20.7. The SMILES string of the molecule is CCCCCCCCCCCCCCC(=O)O.CN. The van der Waals surface area contributed by atoms with Gasteiger partial charge in [0.25, 0.3) is 0 Å². The second-order valence-corrected chi connectivity index (χ2v) is 5.03. The van der Waals surface area contributed by atoms with E-state index in [1.54, 1.807) is 0 Å². The topological polar surface area (TPSA) is 63.3 Å². The van der Waals surface area contributed by atoms with Crippen molar-refractivity contribution in [3.8, 4) is 0 Å². The summed E-state index contributed by atoms with van der Waals surface area (Å²) in [6.45, 7) is 2.25. The Balaban J connectivity index is 0. The first-order valence-corrected chi connectivity index (χ1v) is 8.07. The molecule has 0 unspecified atom stereocenters. The fraction of sp³-hybridized carbons (Fsp3) is 0.938. The van der Waals surface area contributed by atoms with E-state index in [4.69, 9.17) is 5.11 Å². The minimum absolute atomic E-state index is 0.345. The van der Waals surface area contributed by atoms with Gasteiger partial charge in [0.05, 0.1) is 0 Å². The molecule has 0 amide bonds. The molecule has 3 nitrogen and oxygen atoms in total. The number of aliphatic carboxylic acids is 1. The van der Waals surface area contributed by atoms with E-state index in [1.807, 2.05) is 0 Å². The number of nitrogens with two attached hydrogens (primary N) is 1. The van der Waals surface area contributed by atoms with Crippen LogP contribution in [0.25, 0.3) is 0 Å². The zero-order chi connectivity index (χ0) is 14.8. The standard InChI is InChI=1S/C15H30O2.CH5N/c1-2-3-4-5-6-7-8-9-10-11-12-13-14-15(16)17;1-2/h2-14H2,1H3,(H,16,17);2H2,1H3. The van der Waals surface area contributed by atoms with Gasteiger partial charge >= 0.3 is 5.97 Å². The molecule has 3 N–H and O–H groups in total. The molecule has 0 heterocycles. The Kier molecular flexibility index (Phi) is 21.6. The monoisotopic (exact) mass is 273 g/mol. The van der Waals surface area contributed by atoms with E-state index in [-0.39, 0.29) is 0 Å². The van der Waals surface area contributed by atoms with Crippen LogP contribution in [0.1, 0.15) is 90.4 Å². The molecule has 0 fully saturated rings. The molecular weight excluding hydrogens is 238 g/mol. The van der Waals surface area contributed by atoms with E-state index in [0.29, 0.717) is 6.42 Å². The number of carboxylic acid groups (broad SMARTS) is 1. The highest BCUT2D eigenvalue weighted by atomic mass is 16.4. The minimum Gasteiger partial charge on any atom is -0.481 e. The molecule has 0 bridgehead atoms. The Morgan fingerprint density at radius 2 is 1.05 bits per heavy atom. The van der Waals surface area contributed by atoms with Crippen LogP contribution in [0.15, 0.2) is 0 Å². The second kappa shape index (κ2) is 19.8. The van der Waals surface area contributed by atoms with Crippen LogP contribution in [0.2, 0.25) is 0 Å². The first-order valence-electron chi connectivity index (χ1n) is 8.07. The zero-order valence-electron chi connectivity index (χ0n) is 13.1.